The fourth-order valence-corrected chi connectivity index (χ4v) is 2.88. The molecule has 4 nitrogen and oxygen atoms in total. The lowest BCUT2D eigenvalue weighted by atomic mass is 10.3. The highest BCUT2D eigenvalue weighted by molar-refractivity contribution is 7.92. The average Bonchev–Trinajstić information content (AvgIpc) is 2.33. The maximum atomic E-state index is 13.0. The Morgan fingerprint density at radius 1 is 1.10 bits per heavy atom. The van der Waals surface area contributed by atoms with Crippen molar-refractivity contribution in [2.75, 3.05) is 10.5 Å². The summed E-state index contributed by atoms with van der Waals surface area (Å²) >= 11 is 5.56. The van der Waals surface area contributed by atoms with Gasteiger partial charge in [0.2, 0.25) is 0 Å². The quantitative estimate of drug-likeness (QED) is 0.854. The number of rotatable bonds is 3. The number of hydrogen-bond donors (Lipinski definition) is 2. The second kappa shape index (κ2) is 5.26. The molecule has 0 saturated heterocycles. The van der Waals surface area contributed by atoms with E-state index in [0.717, 1.165) is 30.3 Å². The molecule has 2 aromatic carbocycles. The molecule has 20 heavy (non-hydrogen) atoms. The van der Waals surface area contributed by atoms with E-state index in [1.54, 1.807) is 0 Å². The fourth-order valence-electron chi connectivity index (χ4n) is 1.53. The van der Waals surface area contributed by atoms with E-state index in [0.29, 0.717) is 0 Å². The summed E-state index contributed by atoms with van der Waals surface area (Å²) in [6, 6.07) is 6.26. The first-order valence-electron chi connectivity index (χ1n) is 5.32. The Bertz CT molecular complexity index is 766. The van der Waals surface area contributed by atoms with Crippen molar-refractivity contribution in [3.63, 3.8) is 0 Å². The summed E-state index contributed by atoms with van der Waals surface area (Å²) in [6.45, 7) is 0. The second-order valence-corrected chi connectivity index (χ2v) is 5.97. The van der Waals surface area contributed by atoms with Crippen molar-refractivity contribution in [3.05, 3.63) is 53.1 Å². The maximum absolute atomic E-state index is 13.0. The molecular formula is C12H9ClF2N2O2S. The minimum Gasteiger partial charge on any atom is -0.398 e. The number of anilines is 2. The van der Waals surface area contributed by atoms with Gasteiger partial charge < -0.3 is 5.73 Å². The van der Waals surface area contributed by atoms with Crippen LogP contribution in [-0.4, -0.2) is 8.42 Å². The first-order chi connectivity index (χ1) is 9.29. The Labute approximate surface area is 119 Å². The predicted molar refractivity (Wildman–Crippen MR) is 73.0 cm³/mol. The van der Waals surface area contributed by atoms with E-state index < -0.39 is 21.7 Å². The van der Waals surface area contributed by atoms with Crippen LogP contribution >= 0.6 is 11.6 Å². The lowest BCUT2D eigenvalue weighted by molar-refractivity contribution is 0.600. The van der Waals surface area contributed by atoms with E-state index in [1.165, 1.54) is 6.07 Å². The van der Waals surface area contributed by atoms with Crippen LogP contribution in [0.4, 0.5) is 20.2 Å². The molecule has 0 heterocycles. The third-order valence-electron chi connectivity index (χ3n) is 2.43. The number of benzene rings is 2. The molecule has 0 aliphatic carbocycles. The van der Waals surface area contributed by atoms with Gasteiger partial charge in [-0.1, -0.05) is 11.6 Å². The van der Waals surface area contributed by atoms with E-state index >= 15 is 0 Å². The van der Waals surface area contributed by atoms with Gasteiger partial charge in [0.25, 0.3) is 10.0 Å². The molecule has 0 aliphatic heterocycles. The van der Waals surface area contributed by atoms with Crippen LogP contribution in [0.3, 0.4) is 0 Å². The molecule has 106 valence electrons. The zero-order valence-corrected chi connectivity index (χ0v) is 11.5. The van der Waals surface area contributed by atoms with E-state index in [2.05, 4.69) is 4.72 Å². The van der Waals surface area contributed by atoms with Crippen LogP contribution in [0.2, 0.25) is 5.02 Å². The van der Waals surface area contributed by atoms with Gasteiger partial charge in [-0.3, -0.25) is 4.72 Å². The molecule has 0 aromatic heterocycles. The molecular weight excluding hydrogens is 310 g/mol. The molecule has 0 atom stereocenters. The highest BCUT2D eigenvalue weighted by Crippen LogP contribution is 2.24. The van der Waals surface area contributed by atoms with Crippen molar-refractivity contribution in [2.45, 2.75) is 4.90 Å². The number of halogens is 3. The molecule has 0 bridgehead atoms. The number of nitrogens with two attached hydrogens (primary N) is 1. The standard InChI is InChI=1S/C12H9ClF2N2O2S/c13-9-6-8(2-3-10(9)15)17-20(18,19)12-4-1-7(14)5-11(12)16/h1-6,17H,16H2. The van der Waals surface area contributed by atoms with Gasteiger partial charge in [0.05, 0.1) is 16.4 Å². The maximum Gasteiger partial charge on any atom is 0.263 e. The first kappa shape index (κ1) is 14.5. The van der Waals surface area contributed by atoms with E-state index in [1.807, 2.05) is 0 Å². The Morgan fingerprint density at radius 3 is 2.40 bits per heavy atom. The van der Waals surface area contributed by atoms with Crippen molar-refractivity contribution in [3.8, 4) is 0 Å². The molecule has 0 amide bonds. The number of nitrogens with one attached hydrogen (secondary N) is 1. The molecule has 0 saturated carbocycles. The van der Waals surface area contributed by atoms with Crippen LogP contribution in [0.1, 0.15) is 0 Å². The lowest BCUT2D eigenvalue weighted by Crippen LogP contribution is -2.15. The third kappa shape index (κ3) is 3.00. The van der Waals surface area contributed by atoms with Gasteiger partial charge in [-0.05, 0) is 36.4 Å². The molecule has 2 rings (SSSR count). The number of sulfonamides is 1. The van der Waals surface area contributed by atoms with Gasteiger partial charge in [-0.25, -0.2) is 17.2 Å². The van der Waals surface area contributed by atoms with Crippen LogP contribution in [-0.2, 0) is 10.0 Å². The summed E-state index contributed by atoms with van der Waals surface area (Å²) in [5.74, 6) is -1.32. The van der Waals surface area contributed by atoms with Gasteiger partial charge >= 0.3 is 0 Å². The Kier molecular flexibility index (Phi) is 3.82. The summed E-state index contributed by atoms with van der Waals surface area (Å²) < 4.78 is 52.2. The van der Waals surface area contributed by atoms with Crippen molar-refractivity contribution in [1.29, 1.82) is 0 Å². The Hall–Kier alpha value is -1.86. The monoisotopic (exact) mass is 318 g/mol. The molecule has 0 radical (unpaired) electrons. The van der Waals surface area contributed by atoms with Crippen molar-refractivity contribution in [1.82, 2.24) is 0 Å². The molecule has 2 aromatic rings. The molecule has 8 heteroatoms. The molecule has 0 spiro atoms. The molecule has 0 unspecified atom stereocenters. The Balaban J connectivity index is 2.38. The highest BCUT2D eigenvalue weighted by atomic mass is 35.5. The van der Waals surface area contributed by atoms with Gasteiger partial charge in [0.15, 0.2) is 0 Å². The van der Waals surface area contributed by atoms with Gasteiger partial charge in [0, 0.05) is 0 Å². The zero-order valence-electron chi connectivity index (χ0n) is 9.90. The topological polar surface area (TPSA) is 72.2 Å². The van der Waals surface area contributed by atoms with Gasteiger partial charge in [0.1, 0.15) is 16.5 Å². The molecule has 0 aliphatic rings. The lowest BCUT2D eigenvalue weighted by Gasteiger charge is -2.10. The smallest absolute Gasteiger partial charge is 0.263 e. The van der Waals surface area contributed by atoms with E-state index in [9.17, 15) is 17.2 Å². The summed E-state index contributed by atoms with van der Waals surface area (Å²) in [5.41, 5.74) is 5.31. The zero-order chi connectivity index (χ0) is 14.9. The molecule has 0 fully saturated rings. The molecule has 3 N–H and O–H groups in total. The Morgan fingerprint density at radius 2 is 1.80 bits per heavy atom. The average molecular weight is 319 g/mol. The van der Waals surface area contributed by atoms with Gasteiger partial charge in [-0.2, -0.15) is 0 Å². The number of hydrogen-bond acceptors (Lipinski definition) is 3. The van der Waals surface area contributed by atoms with Crippen molar-refractivity contribution >= 4 is 33.0 Å². The van der Waals surface area contributed by atoms with E-state index in [4.69, 9.17) is 17.3 Å². The van der Waals surface area contributed by atoms with Crippen molar-refractivity contribution in [2.24, 2.45) is 0 Å². The second-order valence-electron chi connectivity index (χ2n) is 3.92. The minimum absolute atomic E-state index is 0.0696. The highest BCUT2D eigenvalue weighted by Gasteiger charge is 2.18. The van der Waals surface area contributed by atoms with Gasteiger partial charge in [-0.15, -0.1) is 0 Å². The summed E-state index contributed by atoms with van der Waals surface area (Å²) in [5, 5.41) is -0.225. The van der Waals surface area contributed by atoms with Crippen molar-refractivity contribution < 1.29 is 17.2 Å². The predicted octanol–water partition coefficient (Wildman–Crippen LogP) is 3.00. The minimum atomic E-state index is -4.01. The summed E-state index contributed by atoms with van der Waals surface area (Å²) in [6.07, 6.45) is 0. The SMILES string of the molecule is Nc1cc(F)ccc1S(=O)(=O)Nc1ccc(F)c(Cl)c1. The summed E-state index contributed by atoms with van der Waals surface area (Å²) in [4.78, 5) is -0.278. The van der Waals surface area contributed by atoms with E-state index in [-0.39, 0.29) is 21.3 Å². The summed E-state index contributed by atoms with van der Waals surface area (Å²) in [7, 11) is -4.01. The number of nitrogen functional groups attached to an aromatic ring is 1. The van der Waals surface area contributed by atoms with Crippen LogP contribution in [0.15, 0.2) is 41.3 Å². The third-order valence-corrected chi connectivity index (χ3v) is 4.18. The largest absolute Gasteiger partial charge is 0.398 e. The fraction of sp³-hybridized carbons (Fsp3) is 0. The normalized spacial score (nSPS) is 11.3. The van der Waals surface area contributed by atoms with Crippen LogP contribution in [0, 0.1) is 11.6 Å². The van der Waals surface area contributed by atoms with Crippen LogP contribution in [0.5, 0.6) is 0 Å². The van der Waals surface area contributed by atoms with Crippen LogP contribution < -0.4 is 10.5 Å². The first-order valence-corrected chi connectivity index (χ1v) is 7.18. The van der Waals surface area contributed by atoms with Crippen LogP contribution in [0.25, 0.3) is 0 Å².